The molecule has 3 heterocycles. The van der Waals surface area contributed by atoms with Crippen LogP contribution < -0.4 is 5.56 Å². The van der Waals surface area contributed by atoms with Crippen LogP contribution in [0.5, 0.6) is 0 Å². The summed E-state index contributed by atoms with van der Waals surface area (Å²) in [6.07, 6.45) is 6.50. The Morgan fingerprint density at radius 1 is 1.04 bits per heavy atom. The number of amides is 1. The lowest BCUT2D eigenvalue weighted by molar-refractivity contribution is 0.0718. The maximum absolute atomic E-state index is 12.8. The summed E-state index contributed by atoms with van der Waals surface area (Å²) in [5, 5.41) is 5.21. The smallest absolute Gasteiger partial charge is 0.276 e. The van der Waals surface area contributed by atoms with E-state index in [2.05, 4.69) is 5.10 Å². The number of aromatic nitrogens is 3. The van der Waals surface area contributed by atoms with Gasteiger partial charge in [-0.2, -0.15) is 5.10 Å². The molecule has 0 aliphatic carbocycles. The minimum absolute atomic E-state index is 0.117. The molecule has 1 fully saturated rings. The third-order valence-electron chi connectivity index (χ3n) is 4.80. The lowest BCUT2D eigenvalue weighted by Gasteiger charge is -2.25. The maximum Gasteiger partial charge on any atom is 0.276 e. The van der Waals surface area contributed by atoms with Crippen LogP contribution in [0.1, 0.15) is 35.3 Å². The van der Waals surface area contributed by atoms with Crippen molar-refractivity contribution in [2.24, 2.45) is 0 Å². The molecule has 0 radical (unpaired) electrons. The summed E-state index contributed by atoms with van der Waals surface area (Å²) in [7, 11) is 0. The summed E-state index contributed by atoms with van der Waals surface area (Å²) in [6.45, 7) is 1.84. The van der Waals surface area contributed by atoms with E-state index in [1.54, 1.807) is 40.1 Å². The van der Waals surface area contributed by atoms with Crippen molar-refractivity contribution in [1.29, 1.82) is 0 Å². The van der Waals surface area contributed by atoms with Crippen LogP contribution in [0.15, 0.2) is 41.5 Å². The number of fused-ring (bicyclic) bond motifs is 1. The first-order valence-corrected chi connectivity index (χ1v) is 9.60. The monoisotopic (exact) mass is 404 g/mol. The van der Waals surface area contributed by atoms with Crippen molar-refractivity contribution in [2.75, 3.05) is 13.1 Å². The fourth-order valence-electron chi connectivity index (χ4n) is 3.35. The fraction of sp³-hybridized carbons (Fsp3) is 0.316. The molecule has 0 spiro atoms. The number of carbonyl (C=O) groups excluding carboxylic acids is 1. The summed E-state index contributed by atoms with van der Waals surface area (Å²) < 4.78 is 3.02. The Morgan fingerprint density at radius 3 is 2.56 bits per heavy atom. The second-order valence-electron chi connectivity index (χ2n) is 6.69. The van der Waals surface area contributed by atoms with Gasteiger partial charge in [0.25, 0.3) is 11.5 Å². The van der Waals surface area contributed by atoms with E-state index >= 15 is 0 Å². The van der Waals surface area contributed by atoms with Gasteiger partial charge in [-0.25, -0.2) is 4.52 Å². The zero-order chi connectivity index (χ0) is 19.0. The number of halogens is 2. The first-order chi connectivity index (χ1) is 13.0. The third-order valence-corrected chi connectivity index (χ3v) is 5.54. The van der Waals surface area contributed by atoms with Crippen molar-refractivity contribution in [3.05, 3.63) is 68.3 Å². The summed E-state index contributed by atoms with van der Waals surface area (Å²) in [4.78, 5) is 27.3. The molecule has 1 aliphatic rings. The van der Waals surface area contributed by atoms with Crippen LogP contribution in [0.4, 0.5) is 0 Å². The van der Waals surface area contributed by atoms with E-state index in [1.807, 2.05) is 6.07 Å². The number of hydrogen-bond donors (Lipinski definition) is 0. The minimum atomic E-state index is -0.214. The molecule has 1 saturated heterocycles. The van der Waals surface area contributed by atoms with Gasteiger partial charge in [0.15, 0.2) is 5.69 Å². The van der Waals surface area contributed by atoms with Crippen molar-refractivity contribution in [1.82, 2.24) is 19.1 Å². The Balaban J connectivity index is 1.64. The Hall–Kier alpha value is -2.31. The van der Waals surface area contributed by atoms with Crippen molar-refractivity contribution in [3.8, 4) is 0 Å². The molecule has 2 aromatic heterocycles. The standard InChI is InChI=1S/C19H18Cl2N4O2/c20-14-5-4-13(10-15(14)21)12-24-8-9-25-17(19(24)27)11-16(22-25)18(26)23-6-2-1-3-7-23/h4-5,8-11H,1-3,6-7,12H2. The molecule has 1 amide bonds. The zero-order valence-electron chi connectivity index (χ0n) is 14.6. The number of likely N-dealkylation sites (tertiary alicyclic amines) is 1. The fourth-order valence-corrected chi connectivity index (χ4v) is 3.67. The largest absolute Gasteiger partial charge is 0.337 e. The molecule has 3 aromatic rings. The number of benzene rings is 1. The van der Waals surface area contributed by atoms with E-state index in [1.165, 1.54) is 4.52 Å². The average Bonchev–Trinajstić information content (AvgIpc) is 3.12. The first-order valence-electron chi connectivity index (χ1n) is 8.85. The van der Waals surface area contributed by atoms with Gasteiger partial charge in [0, 0.05) is 31.5 Å². The number of carbonyl (C=O) groups is 1. The van der Waals surface area contributed by atoms with Crippen molar-refractivity contribution in [3.63, 3.8) is 0 Å². The van der Waals surface area contributed by atoms with Gasteiger partial charge in [-0.05, 0) is 37.0 Å². The third kappa shape index (κ3) is 3.59. The van der Waals surface area contributed by atoms with E-state index in [4.69, 9.17) is 23.2 Å². The van der Waals surface area contributed by atoms with E-state index in [9.17, 15) is 9.59 Å². The number of rotatable bonds is 3. The summed E-state index contributed by atoms with van der Waals surface area (Å²) in [6, 6.07) is 6.84. The Bertz CT molecular complexity index is 1070. The highest BCUT2D eigenvalue weighted by Crippen LogP contribution is 2.23. The van der Waals surface area contributed by atoms with E-state index in [0.29, 0.717) is 27.8 Å². The van der Waals surface area contributed by atoms with Gasteiger partial charge in [0.1, 0.15) is 5.52 Å². The van der Waals surface area contributed by atoms with E-state index < -0.39 is 0 Å². The van der Waals surface area contributed by atoms with Crippen LogP contribution in [0.3, 0.4) is 0 Å². The number of piperidine rings is 1. The molecule has 0 saturated carbocycles. The highest BCUT2D eigenvalue weighted by atomic mass is 35.5. The van der Waals surface area contributed by atoms with Gasteiger partial charge in [-0.1, -0.05) is 29.3 Å². The van der Waals surface area contributed by atoms with Crippen LogP contribution in [0, 0.1) is 0 Å². The predicted molar refractivity (Wildman–Crippen MR) is 105 cm³/mol. The van der Waals surface area contributed by atoms with Crippen molar-refractivity contribution >= 4 is 34.6 Å². The topological polar surface area (TPSA) is 59.6 Å². The molecule has 1 aromatic carbocycles. The molecular formula is C19H18Cl2N4O2. The lowest BCUT2D eigenvalue weighted by Crippen LogP contribution is -2.35. The summed E-state index contributed by atoms with van der Waals surface area (Å²) >= 11 is 12.0. The molecular weight excluding hydrogens is 387 g/mol. The quantitative estimate of drug-likeness (QED) is 0.671. The molecule has 0 atom stereocenters. The van der Waals surface area contributed by atoms with Crippen LogP contribution in [-0.4, -0.2) is 38.1 Å². The SMILES string of the molecule is O=C(c1cc2c(=O)n(Cc3ccc(Cl)c(Cl)c3)ccn2n1)N1CCCCC1. The molecule has 6 nitrogen and oxygen atoms in total. The molecule has 8 heteroatoms. The number of nitrogens with zero attached hydrogens (tertiary/aromatic N) is 4. The van der Waals surface area contributed by atoms with Crippen LogP contribution in [-0.2, 0) is 6.54 Å². The first kappa shape index (κ1) is 18.1. The summed E-state index contributed by atoms with van der Waals surface area (Å²) in [5.74, 6) is -0.117. The lowest BCUT2D eigenvalue weighted by atomic mass is 10.1. The van der Waals surface area contributed by atoms with Gasteiger partial charge in [0.2, 0.25) is 0 Å². The second kappa shape index (κ2) is 7.37. The predicted octanol–water partition coefficient (Wildman–Crippen LogP) is 3.48. The molecule has 0 bridgehead atoms. The number of hydrogen-bond acceptors (Lipinski definition) is 3. The molecule has 4 rings (SSSR count). The van der Waals surface area contributed by atoms with Crippen LogP contribution in [0.2, 0.25) is 10.0 Å². The second-order valence-corrected chi connectivity index (χ2v) is 7.51. The molecule has 0 unspecified atom stereocenters. The molecule has 1 aliphatic heterocycles. The van der Waals surface area contributed by atoms with Crippen LogP contribution >= 0.6 is 23.2 Å². The van der Waals surface area contributed by atoms with Gasteiger partial charge in [-0.15, -0.1) is 0 Å². The van der Waals surface area contributed by atoms with E-state index in [0.717, 1.165) is 37.9 Å². The molecule has 27 heavy (non-hydrogen) atoms. The maximum atomic E-state index is 12.8. The molecule has 140 valence electrons. The highest BCUT2D eigenvalue weighted by Gasteiger charge is 2.21. The zero-order valence-corrected chi connectivity index (χ0v) is 16.1. The minimum Gasteiger partial charge on any atom is -0.337 e. The Morgan fingerprint density at radius 2 is 1.81 bits per heavy atom. The summed E-state index contributed by atoms with van der Waals surface area (Å²) in [5.41, 5.74) is 1.33. The van der Waals surface area contributed by atoms with Crippen molar-refractivity contribution in [2.45, 2.75) is 25.8 Å². The Labute approximate surface area is 165 Å². The Kier molecular flexibility index (Phi) is 4.93. The van der Waals surface area contributed by atoms with Gasteiger partial charge < -0.3 is 9.47 Å². The van der Waals surface area contributed by atoms with Crippen LogP contribution in [0.25, 0.3) is 5.52 Å². The van der Waals surface area contributed by atoms with Crippen molar-refractivity contribution < 1.29 is 4.79 Å². The highest BCUT2D eigenvalue weighted by molar-refractivity contribution is 6.42. The molecule has 0 N–H and O–H groups in total. The van der Waals surface area contributed by atoms with E-state index in [-0.39, 0.29) is 11.5 Å². The van der Waals surface area contributed by atoms with Gasteiger partial charge >= 0.3 is 0 Å². The normalized spacial score (nSPS) is 14.7. The average molecular weight is 405 g/mol. The van der Waals surface area contributed by atoms with Gasteiger partial charge in [-0.3, -0.25) is 9.59 Å². The van der Waals surface area contributed by atoms with Gasteiger partial charge in [0.05, 0.1) is 16.6 Å².